The lowest BCUT2D eigenvalue weighted by atomic mass is 10.2. The molecule has 0 spiro atoms. The van der Waals surface area contributed by atoms with Crippen LogP contribution in [0.2, 0.25) is 5.02 Å². The molecule has 14 heavy (non-hydrogen) atoms. The van der Waals surface area contributed by atoms with Crippen LogP contribution in [0.5, 0.6) is 0 Å². The largest absolute Gasteiger partial charge is 0.323 e. The summed E-state index contributed by atoms with van der Waals surface area (Å²) >= 11 is 7.22. The minimum atomic E-state index is -0.464. The highest BCUT2D eigenvalue weighted by atomic mass is 35.5. The highest BCUT2D eigenvalue weighted by Crippen LogP contribution is 2.41. The Hall–Kier alpha value is -0.740. The molecule has 0 saturated carbocycles. The maximum Gasteiger partial charge on any atom is 0.240 e. The van der Waals surface area contributed by atoms with E-state index in [1.807, 2.05) is 13.8 Å². The van der Waals surface area contributed by atoms with Crippen LogP contribution in [0.1, 0.15) is 13.8 Å². The number of nitrogens with one attached hydrogen (secondary N) is 1. The van der Waals surface area contributed by atoms with E-state index in [1.165, 1.54) is 11.8 Å². The molecule has 1 aromatic rings. The van der Waals surface area contributed by atoms with Crippen LogP contribution in [-0.4, -0.2) is 15.6 Å². The van der Waals surface area contributed by atoms with E-state index in [0.717, 1.165) is 5.03 Å². The molecule has 0 bridgehead atoms. The summed E-state index contributed by atoms with van der Waals surface area (Å²) in [4.78, 5) is 15.8. The van der Waals surface area contributed by atoms with E-state index in [0.29, 0.717) is 10.7 Å². The van der Waals surface area contributed by atoms with Crippen molar-refractivity contribution in [2.45, 2.75) is 23.6 Å². The molecular formula is C9H9ClN2OS. The Balaban J connectivity index is 2.46. The molecule has 0 atom stereocenters. The first kappa shape index (κ1) is 9.80. The van der Waals surface area contributed by atoms with Crippen molar-refractivity contribution in [3.63, 3.8) is 0 Å². The zero-order valence-electron chi connectivity index (χ0n) is 7.80. The highest BCUT2D eigenvalue weighted by Gasteiger charge is 2.35. The van der Waals surface area contributed by atoms with Gasteiger partial charge in [0.15, 0.2) is 0 Å². The number of anilines is 1. The zero-order valence-corrected chi connectivity index (χ0v) is 9.37. The molecule has 2 rings (SSSR count). The van der Waals surface area contributed by atoms with Crippen LogP contribution in [0.15, 0.2) is 17.3 Å². The summed E-state index contributed by atoms with van der Waals surface area (Å²) in [7, 11) is 0. The van der Waals surface area contributed by atoms with E-state index in [4.69, 9.17) is 11.6 Å². The van der Waals surface area contributed by atoms with E-state index >= 15 is 0 Å². The summed E-state index contributed by atoms with van der Waals surface area (Å²) in [5.41, 5.74) is 0.701. The molecule has 1 N–H and O–H groups in total. The van der Waals surface area contributed by atoms with Crippen LogP contribution in [-0.2, 0) is 4.79 Å². The summed E-state index contributed by atoms with van der Waals surface area (Å²) in [6.45, 7) is 3.73. The van der Waals surface area contributed by atoms with Crippen LogP contribution >= 0.6 is 23.4 Å². The third-order valence-corrected chi connectivity index (χ3v) is 3.39. The maximum absolute atomic E-state index is 11.6. The Labute approximate surface area is 91.2 Å². The van der Waals surface area contributed by atoms with Gasteiger partial charge in [-0.15, -0.1) is 0 Å². The Morgan fingerprint density at radius 1 is 1.57 bits per heavy atom. The van der Waals surface area contributed by atoms with E-state index in [1.54, 1.807) is 12.3 Å². The first-order chi connectivity index (χ1) is 6.49. The van der Waals surface area contributed by atoms with Gasteiger partial charge in [0.2, 0.25) is 5.91 Å². The number of halogens is 1. The number of hydrogen-bond donors (Lipinski definition) is 1. The number of rotatable bonds is 0. The third kappa shape index (κ3) is 1.60. The molecular weight excluding hydrogens is 220 g/mol. The molecule has 1 aliphatic rings. The van der Waals surface area contributed by atoms with Crippen molar-refractivity contribution in [1.29, 1.82) is 0 Å². The summed E-state index contributed by atoms with van der Waals surface area (Å²) in [6, 6.07) is 1.71. The van der Waals surface area contributed by atoms with Gasteiger partial charge in [0, 0.05) is 6.20 Å². The molecule has 74 valence electrons. The van der Waals surface area contributed by atoms with Crippen LogP contribution in [0.25, 0.3) is 0 Å². The number of hydrogen-bond acceptors (Lipinski definition) is 3. The Bertz CT molecular complexity index is 406. The predicted octanol–water partition coefficient (Wildman–Crippen LogP) is 2.56. The van der Waals surface area contributed by atoms with Gasteiger partial charge in [-0.05, 0) is 19.9 Å². The number of aromatic nitrogens is 1. The third-order valence-electron chi connectivity index (χ3n) is 1.96. The number of amides is 1. The van der Waals surface area contributed by atoms with Crippen LogP contribution in [0.3, 0.4) is 0 Å². The number of pyridine rings is 1. The fourth-order valence-corrected chi connectivity index (χ4v) is 2.27. The Morgan fingerprint density at radius 3 is 3.00 bits per heavy atom. The number of thioether (sulfide) groups is 1. The van der Waals surface area contributed by atoms with Crippen LogP contribution in [0.4, 0.5) is 5.69 Å². The monoisotopic (exact) mass is 228 g/mol. The Kier molecular flexibility index (Phi) is 2.20. The summed E-state index contributed by atoms with van der Waals surface area (Å²) in [5, 5.41) is 4.13. The number of carbonyl (C=O) groups is 1. The topological polar surface area (TPSA) is 42.0 Å². The van der Waals surface area contributed by atoms with Gasteiger partial charge in [-0.2, -0.15) is 0 Å². The van der Waals surface area contributed by atoms with Crippen molar-refractivity contribution in [2.24, 2.45) is 0 Å². The van der Waals surface area contributed by atoms with Gasteiger partial charge in [-0.1, -0.05) is 23.4 Å². The molecule has 0 radical (unpaired) electrons. The average Bonchev–Trinajstić information content (AvgIpc) is 2.08. The second-order valence-corrected chi connectivity index (χ2v) is 5.62. The molecule has 0 saturated heterocycles. The zero-order chi connectivity index (χ0) is 10.3. The summed E-state index contributed by atoms with van der Waals surface area (Å²) < 4.78 is -0.464. The SMILES string of the molecule is CC1(C)Sc2ncc(Cl)cc2NC1=O. The van der Waals surface area contributed by atoms with Crippen molar-refractivity contribution >= 4 is 35.0 Å². The van der Waals surface area contributed by atoms with Crippen molar-refractivity contribution in [2.75, 3.05) is 5.32 Å². The number of fused-ring (bicyclic) bond motifs is 1. The highest BCUT2D eigenvalue weighted by molar-refractivity contribution is 8.01. The average molecular weight is 229 g/mol. The van der Waals surface area contributed by atoms with Gasteiger partial charge in [0.25, 0.3) is 0 Å². The summed E-state index contributed by atoms with van der Waals surface area (Å²) in [6.07, 6.45) is 1.58. The number of carbonyl (C=O) groups excluding carboxylic acids is 1. The van der Waals surface area contributed by atoms with Gasteiger partial charge >= 0.3 is 0 Å². The van der Waals surface area contributed by atoms with Crippen molar-refractivity contribution in [3.8, 4) is 0 Å². The molecule has 0 fully saturated rings. The quantitative estimate of drug-likeness (QED) is 0.742. The molecule has 1 aromatic heterocycles. The van der Waals surface area contributed by atoms with Gasteiger partial charge in [0.05, 0.1) is 15.5 Å². The van der Waals surface area contributed by atoms with Crippen LogP contribution < -0.4 is 5.32 Å². The van der Waals surface area contributed by atoms with E-state index in [-0.39, 0.29) is 5.91 Å². The standard InChI is InChI=1S/C9H9ClN2OS/c1-9(2)8(13)12-6-3-5(10)4-11-7(6)14-9/h3-4H,1-2H3,(H,12,13). The van der Waals surface area contributed by atoms with Crippen molar-refractivity contribution in [3.05, 3.63) is 17.3 Å². The van der Waals surface area contributed by atoms with Gasteiger partial charge in [-0.25, -0.2) is 4.98 Å². The number of nitrogens with zero attached hydrogens (tertiary/aromatic N) is 1. The summed E-state index contributed by atoms with van der Waals surface area (Å²) in [5.74, 6) is -0.0148. The second kappa shape index (κ2) is 3.14. The normalized spacial score (nSPS) is 18.6. The second-order valence-electron chi connectivity index (χ2n) is 3.57. The molecule has 2 heterocycles. The van der Waals surface area contributed by atoms with Gasteiger partial charge < -0.3 is 5.32 Å². The van der Waals surface area contributed by atoms with E-state index in [9.17, 15) is 4.79 Å². The molecule has 0 aliphatic carbocycles. The fourth-order valence-electron chi connectivity index (χ4n) is 1.16. The van der Waals surface area contributed by atoms with E-state index < -0.39 is 4.75 Å². The first-order valence-electron chi connectivity index (χ1n) is 4.15. The molecule has 3 nitrogen and oxygen atoms in total. The van der Waals surface area contributed by atoms with Crippen molar-refractivity contribution < 1.29 is 4.79 Å². The van der Waals surface area contributed by atoms with Gasteiger partial charge in [-0.3, -0.25) is 4.79 Å². The smallest absolute Gasteiger partial charge is 0.240 e. The predicted molar refractivity (Wildman–Crippen MR) is 57.8 cm³/mol. The first-order valence-corrected chi connectivity index (χ1v) is 5.34. The molecule has 0 aromatic carbocycles. The minimum absolute atomic E-state index is 0.0148. The lowest BCUT2D eigenvalue weighted by Gasteiger charge is -2.28. The molecule has 1 amide bonds. The molecule has 1 aliphatic heterocycles. The maximum atomic E-state index is 11.6. The Morgan fingerprint density at radius 2 is 2.29 bits per heavy atom. The molecule has 0 unspecified atom stereocenters. The van der Waals surface area contributed by atoms with Crippen molar-refractivity contribution in [1.82, 2.24) is 4.98 Å². The fraction of sp³-hybridized carbons (Fsp3) is 0.333. The van der Waals surface area contributed by atoms with E-state index in [2.05, 4.69) is 10.3 Å². The lowest BCUT2D eigenvalue weighted by Crippen LogP contribution is -2.37. The molecule has 5 heteroatoms. The van der Waals surface area contributed by atoms with Crippen LogP contribution in [0, 0.1) is 0 Å². The lowest BCUT2D eigenvalue weighted by molar-refractivity contribution is -0.117. The minimum Gasteiger partial charge on any atom is -0.323 e. The van der Waals surface area contributed by atoms with Gasteiger partial charge in [0.1, 0.15) is 5.03 Å².